The average molecular weight is 332 g/mol. The summed E-state index contributed by atoms with van der Waals surface area (Å²) >= 11 is 0. The highest BCUT2D eigenvalue weighted by molar-refractivity contribution is 7.95. The molecule has 1 aliphatic rings. The molecule has 0 bridgehead atoms. The molecule has 1 aliphatic heterocycles. The zero-order valence-electron chi connectivity index (χ0n) is 12.9. The monoisotopic (exact) mass is 332 g/mol. The van der Waals surface area contributed by atoms with Crippen molar-refractivity contribution in [2.45, 2.75) is 37.2 Å². The van der Waals surface area contributed by atoms with Crippen LogP contribution in [0.5, 0.6) is 0 Å². The molecule has 1 fully saturated rings. The second-order valence-electron chi connectivity index (χ2n) is 5.38. The van der Waals surface area contributed by atoms with E-state index in [-0.39, 0.29) is 4.90 Å². The van der Waals surface area contributed by atoms with Gasteiger partial charge in [-0.25, -0.2) is 8.42 Å². The Hall–Kier alpha value is -0.560. The van der Waals surface area contributed by atoms with Gasteiger partial charge >= 0.3 is 0 Å². The fourth-order valence-corrected chi connectivity index (χ4v) is 3.15. The number of rotatable bonds is 4. The summed E-state index contributed by atoms with van der Waals surface area (Å²) < 4.78 is 36.7. The molecule has 0 spiro atoms. The molecule has 2 rings (SSSR count). The molecule has 120 valence electrons. The van der Waals surface area contributed by atoms with Gasteiger partial charge in [0.2, 0.25) is 0 Å². The summed E-state index contributed by atoms with van der Waals surface area (Å²) in [6, 6.07) is 5.78. The molecule has 0 saturated carbocycles. The molecule has 0 aliphatic carbocycles. The molecule has 0 amide bonds. The Balaban J connectivity index is 0.000000211. The molecule has 0 aromatic heterocycles. The van der Waals surface area contributed by atoms with E-state index in [4.69, 9.17) is 4.74 Å². The summed E-state index contributed by atoms with van der Waals surface area (Å²) in [7, 11) is -3.66. The zero-order valence-corrected chi connectivity index (χ0v) is 14.5. The quantitative estimate of drug-likeness (QED) is 0.627. The van der Waals surface area contributed by atoms with Crippen molar-refractivity contribution >= 4 is 21.0 Å². The van der Waals surface area contributed by atoms with Gasteiger partial charge in [-0.3, -0.25) is 0 Å². The molecule has 0 radical (unpaired) electrons. The SMILES string of the molecule is C[S+](C)CCC1CCCO1.Cc1ccc(S(=O)(=O)[O-])cc1. The lowest BCUT2D eigenvalue weighted by molar-refractivity contribution is 0.109. The van der Waals surface area contributed by atoms with Gasteiger partial charge in [0.25, 0.3) is 0 Å². The molecule has 6 heteroatoms. The third-order valence-corrected chi connectivity index (χ3v) is 5.08. The summed E-state index contributed by atoms with van der Waals surface area (Å²) in [5, 5.41) is 0. The lowest BCUT2D eigenvalue weighted by Crippen LogP contribution is -2.12. The molecule has 0 N–H and O–H groups in total. The maximum absolute atomic E-state index is 10.4. The third-order valence-electron chi connectivity index (χ3n) is 3.18. The van der Waals surface area contributed by atoms with Crippen LogP contribution in [0.1, 0.15) is 24.8 Å². The fourth-order valence-electron chi connectivity index (χ4n) is 1.94. The number of hydrogen-bond acceptors (Lipinski definition) is 4. The highest BCUT2D eigenvalue weighted by atomic mass is 32.2. The Labute approximate surface area is 131 Å². The van der Waals surface area contributed by atoms with Crippen molar-refractivity contribution in [1.29, 1.82) is 0 Å². The summed E-state index contributed by atoms with van der Waals surface area (Å²) in [6.45, 7) is 2.83. The Morgan fingerprint density at radius 3 is 2.33 bits per heavy atom. The van der Waals surface area contributed by atoms with E-state index >= 15 is 0 Å². The van der Waals surface area contributed by atoms with E-state index in [1.165, 1.54) is 37.1 Å². The first-order valence-corrected chi connectivity index (χ1v) is 10.6. The summed E-state index contributed by atoms with van der Waals surface area (Å²) in [5.41, 5.74) is 0.928. The van der Waals surface area contributed by atoms with E-state index in [1.807, 2.05) is 6.92 Å². The molecule has 1 aromatic carbocycles. The van der Waals surface area contributed by atoms with Crippen LogP contribution in [0.2, 0.25) is 0 Å². The summed E-state index contributed by atoms with van der Waals surface area (Å²) in [5.74, 6) is 1.35. The van der Waals surface area contributed by atoms with E-state index in [9.17, 15) is 13.0 Å². The van der Waals surface area contributed by atoms with Gasteiger partial charge in [-0.15, -0.1) is 0 Å². The second kappa shape index (κ2) is 8.78. The van der Waals surface area contributed by atoms with Gasteiger partial charge < -0.3 is 9.29 Å². The predicted octanol–water partition coefficient (Wildman–Crippen LogP) is 2.33. The molecule has 1 unspecified atom stereocenters. The number of ether oxygens (including phenoxy) is 1. The van der Waals surface area contributed by atoms with Crippen molar-refractivity contribution < 1.29 is 17.7 Å². The molecular formula is C15H24O4S2. The van der Waals surface area contributed by atoms with Gasteiger partial charge in [0.05, 0.1) is 23.5 Å². The van der Waals surface area contributed by atoms with Crippen LogP contribution in [0, 0.1) is 6.92 Å². The largest absolute Gasteiger partial charge is 0.744 e. The van der Waals surface area contributed by atoms with Crippen LogP contribution in [0.25, 0.3) is 0 Å². The Morgan fingerprint density at radius 2 is 1.90 bits per heavy atom. The first-order valence-electron chi connectivity index (χ1n) is 6.97. The van der Waals surface area contributed by atoms with Gasteiger partial charge in [-0.2, -0.15) is 0 Å². The third kappa shape index (κ3) is 7.85. The standard InChI is InChI=1S/C8H17OS.C7H8O3S/c1-10(2)7-5-8-4-3-6-9-8;1-6-2-4-7(5-3-6)11(8,9)10/h8H,3-7H2,1-2H3;2-5H,1H3,(H,8,9,10)/q+1;/p-1. The summed E-state index contributed by atoms with van der Waals surface area (Å²) in [4.78, 5) is -0.178. The van der Waals surface area contributed by atoms with Crippen molar-refractivity contribution in [3.63, 3.8) is 0 Å². The normalized spacial score (nSPS) is 18.4. The molecule has 1 aromatic rings. The number of hydrogen-bond donors (Lipinski definition) is 0. The maximum Gasteiger partial charge on any atom is 0.124 e. The van der Waals surface area contributed by atoms with Crippen molar-refractivity contribution in [3.05, 3.63) is 29.8 Å². The molecule has 1 atom stereocenters. The van der Waals surface area contributed by atoms with Crippen LogP contribution < -0.4 is 0 Å². The second-order valence-corrected chi connectivity index (χ2v) is 9.14. The first-order chi connectivity index (χ1) is 9.79. The van der Waals surface area contributed by atoms with Gasteiger partial charge in [-0.1, -0.05) is 17.7 Å². The molecule has 1 heterocycles. The van der Waals surface area contributed by atoms with E-state index in [2.05, 4.69) is 12.5 Å². The zero-order chi connectivity index (χ0) is 15.9. The maximum atomic E-state index is 10.4. The van der Waals surface area contributed by atoms with E-state index in [1.54, 1.807) is 12.1 Å². The highest BCUT2D eigenvalue weighted by Gasteiger charge is 2.17. The van der Waals surface area contributed by atoms with Gasteiger partial charge in [-0.05, 0) is 42.8 Å². The van der Waals surface area contributed by atoms with E-state index in [0.29, 0.717) is 17.0 Å². The Morgan fingerprint density at radius 1 is 1.29 bits per heavy atom. The van der Waals surface area contributed by atoms with Crippen LogP contribution in [0.3, 0.4) is 0 Å². The lowest BCUT2D eigenvalue weighted by atomic mass is 10.2. The van der Waals surface area contributed by atoms with Gasteiger partial charge in [0.15, 0.2) is 0 Å². The minimum Gasteiger partial charge on any atom is -0.744 e. The van der Waals surface area contributed by atoms with Crippen LogP contribution in [-0.4, -0.2) is 43.9 Å². The predicted molar refractivity (Wildman–Crippen MR) is 86.8 cm³/mol. The van der Waals surface area contributed by atoms with Crippen molar-refractivity contribution in [1.82, 2.24) is 0 Å². The molecule has 4 nitrogen and oxygen atoms in total. The van der Waals surface area contributed by atoms with Crippen LogP contribution in [-0.2, 0) is 25.7 Å². The molecular weight excluding hydrogens is 308 g/mol. The van der Waals surface area contributed by atoms with E-state index < -0.39 is 10.1 Å². The minimum absolute atomic E-state index is 0.178. The molecule has 1 saturated heterocycles. The van der Waals surface area contributed by atoms with Crippen molar-refractivity contribution in [2.75, 3.05) is 24.9 Å². The van der Waals surface area contributed by atoms with E-state index in [0.717, 1.165) is 12.2 Å². The Bertz CT molecular complexity index is 503. The Kier molecular flexibility index (Phi) is 7.73. The molecule has 21 heavy (non-hydrogen) atoms. The lowest BCUT2D eigenvalue weighted by Gasteiger charge is -2.05. The first kappa shape index (κ1) is 18.5. The van der Waals surface area contributed by atoms with Crippen LogP contribution in [0.4, 0.5) is 0 Å². The average Bonchev–Trinajstić information content (AvgIpc) is 2.89. The van der Waals surface area contributed by atoms with Crippen LogP contribution >= 0.6 is 0 Å². The highest BCUT2D eigenvalue weighted by Crippen LogP contribution is 2.15. The topological polar surface area (TPSA) is 66.4 Å². The number of benzene rings is 1. The fraction of sp³-hybridized carbons (Fsp3) is 0.600. The van der Waals surface area contributed by atoms with Gasteiger partial charge in [0, 0.05) is 13.0 Å². The minimum atomic E-state index is -4.27. The van der Waals surface area contributed by atoms with Crippen molar-refractivity contribution in [3.8, 4) is 0 Å². The van der Waals surface area contributed by atoms with Gasteiger partial charge in [0.1, 0.15) is 15.9 Å². The smallest absolute Gasteiger partial charge is 0.124 e. The summed E-state index contributed by atoms with van der Waals surface area (Å²) in [6.07, 6.45) is 9.08. The van der Waals surface area contributed by atoms with Crippen LogP contribution in [0.15, 0.2) is 29.2 Å². The van der Waals surface area contributed by atoms with Crippen molar-refractivity contribution in [2.24, 2.45) is 0 Å². The number of aryl methyl sites for hydroxylation is 1.